The van der Waals surface area contributed by atoms with E-state index in [9.17, 15) is 0 Å². The number of hydrogen-bond donors (Lipinski definition) is 1. The number of hydrogen-bond acceptors (Lipinski definition) is 2. The Hall–Kier alpha value is -1.80. The molecule has 0 bridgehead atoms. The summed E-state index contributed by atoms with van der Waals surface area (Å²) in [6.45, 7) is 3.13. The summed E-state index contributed by atoms with van der Waals surface area (Å²) in [7, 11) is 0. The topological polar surface area (TPSA) is 29.3 Å². The van der Waals surface area contributed by atoms with Crippen LogP contribution in [0.3, 0.4) is 0 Å². The number of fused-ring (bicyclic) bond motifs is 3. The lowest BCUT2D eigenvalue weighted by molar-refractivity contribution is 0.669. The van der Waals surface area contributed by atoms with Crippen LogP contribution in [0.2, 0.25) is 0 Å². The van der Waals surface area contributed by atoms with Crippen molar-refractivity contribution in [2.24, 2.45) is 5.73 Å². The second-order valence-electron chi connectivity index (χ2n) is 6.05. The molecule has 2 aromatic carbocycles. The zero-order chi connectivity index (χ0) is 13.7. The molecule has 1 atom stereocenters. The van der Waals surface area contributed by atoms with Crippen molar-refractivity contribution in [3.05, 3.63) is 53.6 Å². The van der Waals surface area contributed by atoms with Gasteiger partial charge in [0, 0.05) is 29.9 Å². The summed E-state index contributed by atoms with van der Waals surface area (Å²) in [5.41, 5.74) is 13.2. The standard InChI is InChI=1S/C18H20N2/c1-12-5-4-8-17-18(12)15-7-3-2-6-14(15)16(19)11-20(17)13-9-10-13/h2-8,13,16H,9-11,19H2,1H3/t16-/m0/s1. The van der Waals surface area contributed by atoms with Gasteiger partial charge in [-0.3, -0.25) is 0 Å². The van der Waals surface area contributed by atoms with Crippen LogP contribution in [0.15, 0.2) is 42.5 Å². The van der Waals surface area contributed by atoms with Gasteiger partial charge in [-0.2, -0.15) is 0 Å². The van der Waals surface area contributed by atoms with Crippen molar-refractivity contribution in [3.8, 4) is 11.1 Å². The molecule has 2 aromatic rings. The van der Waals surface area contributed by atoms with Crippen LogP contribution >= 0.6 is 0 Å². The fraction of sp³-hybridized carbons (Fsp3) is 0.333. The lowest BCUT2D eigenvalue weighted by atomic mass is 9.93. The minimum atomic E-state index is 0.0959. The summed E-state index contributed by atoms with van der Waals surface area (Å²) in [4.78, 5) is 2.53. The third-order valence-electron chi connectivity index (χ3n) is 4.57. The van der Waals surface area contributed by atoms with Crippen molar-refractivity contribution in [1.29, 1.82) is 0 Å². The van der Waals surface area contributed by atoms with E-state index in [2.05, 4.69) is 54.3 Å². The number of rotatable bonds is 1. The van der Waals surface area contributed by atoms with Crippen LogP contribution in [-0.4, -0.2) is 12.6 Å². The molecule has 1 saturated carbocycles. The fourth-order valence-corrected chi connectivity index (χ4v) is 3.43. The zero-order valence-corrected chi connectivity index (χ0v) is 11.8. The first-order chi connectivity index (χ1) is 9.75. The second-order valence-corrected chi connectivity index (χ2v) is 6.05. The molecule has 2 aliphatic rings. The van der Waals surface area contributed by atoms with Crippen LogP contribution in [0.4, 0.5) is 5.69 Å². The zero-order valence-electron chi connectivity index (χ0n) is 11.8. The molecule has 20 heavy (non-hydrogen) atoms. The third-order valence-corrected chi connectivity index (χ3v) is 4.57. The van der Waals surface area contributed by atoms with Gasteiger partial charge in [-0.15, -0.1) is 0 Å². The van der Waals surface area contributed by atoms with Crippen LogP contribution in [0, 0.1) is 6.92 Å². The fourth-order valence-electron chi connectivity index (χ4n) is 3.43. The maximum absolute atomic E-state index is 6.49. The Bertz CT molecular complexity index is 658. The Morgan fingerprint density at radius 3 is 2.65 bits per heavy atom. The Morgan fingerprint density at radius 1 is 1.05 bits per heavy atom. The van der Waals surface area contributed by atoms with E-state index in [1.165, 1.54) is 40.8 Å². The first kappa shape index (κ1) is 12.0. The lowest BCUT2D eigenvalue weighted by Gasteiger charge is -2.27. The highest BCUT2D eigenvalue weighted by Crippen LogP contribution is 2.44. The predicted octanol–water partition coefficient (Wildman–Crippen LogP) is 3.64. The van der Waals surface area contributed by atoms with Crippen molar-refractivity contribution >= 4 is 5.69 Å². The largest absolute Gasteiger partial charge is 0.366 e. The molecule has 0 aromatic heterocycles. The maximum atomic E-state index is 6.49. The van der Waals surface area contributed by atoms with Gasteiger partial charge in [0.25, 0.3) is 0 Å². The smallest absolute Gasteiger partial charge is 0.0479 e. The highest BCUT2D eigenvalue weighted by molar-refractivity contribution is 5.85. The van der Waals surface area contributed by atoms with E-state index in [1.807, 2.05) is 0 Å². The Morgan fingerprint density at radius 2 is 1.85 bits per heavy atom. The number of aryl methyl sites for hydroxylation is 1. The van der Waals surface area contributed by atoms with Crippen LogP contribution in [0.25, 0.3) is 11.1 Å². The first-order valence-corrected chi connectivity index (χ1v) is 7.47. The predicted molar refractivity (Wildman–Crippen MR) is 83.9 cm³/mol. The molecule has 2 nitrogen and oxygen atoms in total. The van der Waals surface area contributed by atoms with Gasteiger partial charge in [-0.25, -0.2) is 0 Å². The molecule has 2 heteroatoms. The summed E-state index contributed by atoms with van der Waals surface area (Å²) in [6.07, 6.45) is 2.60. The van der Waals surface area contributed by atoms with Gasteiger partial charge >= 0.3 is 0 Å². The number of benzene rings is 2. The molecule has 0 spiro atoms. The molecule has 1 heterocycles. The summed E-state index contributed by atoms with van der Waals surface area (Å²) in [6, 6.07) is 16.0. The Kier molecular flexibility index (Phi) is 2.61. The SMILES string of the molecule is Cc1cccc2c1-c1ccccc1[C@@H](N)CN2C1CC1. The molecule has 2 N–H and O–H groups in total. The molecule has 0 amide bonds. The van der Waals surface area contributed by atoms with E-state index in [-0.39, 0.29) is 6.04 Å². The van der Waals surface area contributed by atoms with E-state index in [0.717, 1.165) is 6.54 Å². The summed E-state index contributed by atoms with van der Waals surface area (Å²) in [5, 5.41) is 0. The quantitative estimate of drug-likeness (QED) is 0.852. The van der Waals surface area contributed by atoms with E-state index in [1.54, 1.807) is 0 Å². The lowest BCUT2D eigenvalue weighted by Crippen LogP contribution is -2.33. The Labute approximate surface area is 120 Å². The van der Waals surface area contributed by atoms with E-state index in [0.29, 0.717) is 6.04 Å². The molecule has 102 valence electrons. The molecule has 1 fully saturated rings. The summed E-state index contributed by atoms with van der Waals surface area (Å²) >= 11 is 0. The normalized spacial score (nSPS) is 21.1. The molecule has 0 unspecified atom stereocenters. The number of anilines is 1. The van der Waals surface area contributed by atoms with E-state index in [4.69, 9.17) is 5.73 Å². The molecular formula is C18H20N2. The van der Waals surface area contributed by atoms with Crippen LogP contribution in [0.5, 0.6) is 0 Å². The highest BCUT2D eigenvalue weighted by Gasteiger charge is 2.34. The molecule has 1 aliphatic heterocycles. The molecular weight excluding hydrogens is 244 g/mol. The van der Waals surface area contributed by atoms with Gasteiger partial charge < -0.3 is 10.6 Å². The second kappa shape index (κ2) is 4.35. The number of nitrogens with zero attached hydrogens (tertiary/aromatic N) is 1. The minimum absolute atomic E-state index is 0.0959. The summed E-state index contributed by atoms with van der Waals surface area (Å²) < 4.78 is 0. The van der Waals surface area contributed by atoms with Gasteiger partial charge in [0.2, 0.25) is 0 Å². The van der Waals surface area contributed by atoms with Crippen molar-refractivity contribution in [2.75, 3.05) is 11.4 Å². The van der Waals surface area contributed by atoms with Gasteiger partial charge in [-0.1, -0.05) is 36.4 Å². The van der Waals surface area contributed by atoms with Gasteiger partial charge in [-0.05, 0) is 42.5 Å². The maximum Gasteiger partial charge on any atom is 0.0479 e. The van der Waals surface area contributed by atoms with Gasteiger partial charge in [0.15, 0.2) is 0 Å². The molecule has 1 aliphatic carbocycles. The first-order valence-electron chi connectivity index (χ1n) is 7.47. The van der Waals surface area contributed by atoms with Crippen molar-refractivity contribution in [1.82, 2.24) is 0 Å². The van der Waals surface area contributed by atoms with Crippen LogP contribution < -0.4 is 10.6 Å². The van der Waals surface area contributed by atoms with Crippen molar-refractivity contribution in [2.45, 2.75) is 31.8 Å². The van der Waals surface area contributed by atoms with E-state index < -0.39 is 0 Å². The average Bonchev–Trinajstić information content (AvgIpc) is 3.28. The average molecular weight is 264 g/mol. The molecule has 4 rings (SSSR count). The van der Waals surface area contributed by atoms with Crippen molar-refractivity contribution < 1.29 is 0 Å². The van der Waals surface area contributed by atoms with Crippen LogP contribution in [-0.2, 0) is 0 Å². The highest BCUT2D eigenvalue weighted by atomic mass is 15.2. The summed E-state index contributed by atoms with van der Waals surface area (Å²) in [5.74, 6) is 0. The Balaban J connectivity index is 2.00. The van der Waals surface area contributed by atoms with Crippen LogP contribution in [0.1, 0.15) is 30.0 Å². The third kappa shape index (κ3) is 1.75. The van der Waals surface area contributed by atoms with Gasteiger partial charge in [0.1, 0.15) is 0 Å². The number of nitrogens with two attached hydrogens (primary N) is 1. The monoisotopic (exact) mass is 264 g/mol. The van der Waals surface area contributed by atoms with Gasteiger partial charge in [0.05, 0.1) is 0 Å². The van der Waals surface area contributed by atoms with Crippen molar-refractivity contribution in [3.63, 3.8) is 0 Å². The minimum Gasteiger partial charge on any atom is -0.366 e. The molecule has 0 saturated heterocycles. The van der Waals surface area contributed by atoms with E-state index >= 15 is 0 Å². The molecule has 0 radical (unpaired) electrons.